The molecule has 2 atom stereocenters. The zero-order valence-electron chi connectivity index (χ0n) is 55.7. The predicted molar refractivity (Wildman–Crippen MR) is 358 cm³/mol. The highest BCUT2D eigenvalue weighted by Gasteiger charge is 2.26. The summed E-state index contributed by atoms with van der Waals surface area (Å²) in [7, 11) is -4.39. The zero-order chi connectivity index (χ0) is 60.1. The van der Waals surface area contributed by atoms with Crippen molar-refractivity contribution in [3.63, 3.8) is 0 Å². The number of hydrogen-bond donors (Lipinski definition) is 2. The number of esters is 2. The number of ether oxygens (including phenoxy) is 2. The standard InChI is InChI=1S/C73H144NO8P/c1-3-5-7-9-11-13-15-17-19-21-23-25-27-29-31-33-35-37-39-41-43-45-47-49-51-53-55-57-59-61-63-65-72(75)79-69-71(70-81-83(77,78)80-68-67-74)82-73(76)66-64-62-60-58-56-54-52-50-48-46-44-42-40-38-36-34-32-30-28-26-24-22-20-18-16-14-12-10-8-6-4-2/h22,24,71H,3-21,23,25-70,74H2,1-2H3,(H,77,78)/b24-22-. The van der Waals surface area contributed by atoms with Gasteiger partial charge >= 0.3 is 19.8 Å². The number of phosphoric ester groups is 1. The van der Waals surface area contributed by atoms with Crippen LogP contribution in [0.25, 0.3) is 0 Å². The molecule has 0 saturated carbocycles. The van der Waals surface area contributed by atoms with Gasteiger partial charge in [0.05, 0.1) is 13.2 Å². The third kappa shape index (κ3) is 69.7. The van der Waals surface area contributed by atoms with Crippen LogP contribution in [0.1, 0.15) is 412 Å². The number of phosphoric acid groups is 1. The van der Waals surface area contributed by atoms with E-state index in [1.54, 1.807) is 0 Å². The first-order valence-electron chi connectivity index (χ1n) is 37.2. The van der Waals surface area contributed by atoms with Gasteiger partial charge in [0.15, 0.2) is 6.10 Å². The van der Waals surface area contributed by atoms with E-state index in [2.05, 4.69) is 26.0 Å². The molecule has 0 spiro atoms. The van der Waals surface area contributed by atoms with Crippen molar-refractivity contribution in [3.05, 3.63) is 12.2 Å². The number of carbonyl (C=O) groups excluding carboxylic acids is 2. The van der Waals surface area contributed by atoms with E-state index in [0.717, 1.165) is 32.1 Å². The Morgan fingerprint density at radius 3 is 0.855 bits per heavy atom. The van der Waals surface area contributed by atoms with E-state index in [-0.39, 0.29) is 38.6 Å². The Kier molecular flexibility index (Phi) is 68.8. The first-order chi connectivity index (χ1) is 40.8. The maximum absolute atomic E-state index is 12.8. The summed E-state index contributed by atoms with van der Waals surface area (Å²) in [4.78, 5) is 35.4. The number of unbranched alkanes of at least 4 members (excludes halogenated alkanes) is 57. The number of rotatable bonds is 72. The van der Waals surface area contributed by atoms with Crippen LogP contribution in [0.5, 0.6) is 0 Å². The normalized spacial score (nSPS) is 12.9. The van der Waals surface area contributed by atoms with E-state index in [1.807, 2.05) is 0 Å². The lowest BCUT2D eigenvalue weighted by Crippen LogP contribution is -2.29. The molecule has 10 heteroatoms. The number of allylic oxidation sites excluding steroid dienone is 2. The average Bonchev–Trinajstić information content (AvgIpc) is 3.48. The second-order valence-corrected chi connectivity index (χ2v) is 27.0. The number of hydrogen-bond acceptors (Lipinski definition) is 8. The molecular weight excluding hydrogens is 1050 g/mol. The molecule has 0 fully saturated rings. The highest BCUT2D eigenvalue weighted by Crippen LogP contribution is 2.43. The third-order valence-electron chi connectivity index (χ3n) is 17.2. The van der Waals surface area contributed by atoms with Crippen molar-refractivity contribution in [2.24, 2.45) is 5.73 Å². The fourth-order valence-electron chi connectivity index (χ4n) is 11.6. The number of nitrogens with two attached hydrogens (primary N) is 1. The minimum absolute atomic E-state index is 0.0579. The van der Waals surface area contributed by atoms with Crippen molar-refractivity contribution in [1.82, 2.24) is 0 Å². The molecule has 0 saturated heterocycles. The van der Waals surface area contributed by atoms with Gasteiger partial charge < -0.3 is 20.1 Å². The van der Waals surface area contributed by atoms with E-state index in [1.165, 1.54) is 347 Å². The summed E-state index contributed by atoms with van der Waals surface area (Å²) < 4.78 is 33.2. The van der Waals surface area contributed by atoms with E-state index < -0.39 is 26.5 Å². The molecule has 0 aliphatic heterocycles. The molecule has 3 N–H and O–H groups in total. The molecule has 0 rings (SSSR count). The van der Waals surface area contributed by atoms with Gasteiger partial charge in [-0.05, 0) is 38.5 Å². The summed E-state index contributed by atoms with van der Waals surface area (Å²) in [5, 5.41) is 0. The Morgan fingerprint density at radius 1 is 0.349 bits per heavy atom. The quantitative estimate of drug-likeness (QED) is 0.0264. The lowest BCUT2D eigenvalue weighted by molar-refractivity contribution is -0.161. The highest BCUT2D eigenvalue weighted by atomic mass is 31.2. The van der Waals surface area contributed by atoms with E-state index in [9.17, 15) is 19.0 Å². The van der Waals surface area contributed by atoms with E-state index >= 15 is 0 Å². The summed E-state index contributed by atoms with van der Waals surface area (Å²) in [5.41, 5.74) is 5.41. The number of carbonyl (C=O) groups is 2. The molecule has 0 bridgehead atoms. The lowest BCUT2D eigenvalue weighted by atomic mass is 10.0. The summed E-state index contributed by atoms with van der Waals surface area (Å²) in [5.74, 6) is -0.798. The molecule has 494 valence electrons. The van der Waals surface area contributed by atoms with Gasteiger partial charge in [0.2, 0.25) is 0 Å². The maximum atomic E-state index is 12.8. The third-order valence-corrected chi connectivity index (χ3v) is 18.1. The van der Waals surface area contributed by atoms with Gasteiger partial charge in [0, 0.05) is 19.4 Å². The minimum Gasteiger partial charge on any atom is -0.462 e. The van der Waals surface area contributed by atoms with Gasteiger partial charge in [-0.15, -0.1) is 0 Å². The first kappa shape index (κ1) is 81.8. The Hall–Kier alpha value is -1.25. The molecule has 9 nitrogen and oxygen atoms in total. The monoisotopic (exact) mass is 1190 g/mol. The van der Waals surface area contributed by atoms with Crippen LogP contribution < -0.4 is 5.73 Å². The van der Waals surface area contributed by atoms with Crippen LogP contribution in [0.2, 0.25) is 0 Å². The van der Waals surface area contributed by atoms with Gasteiger partial charge in [-0.1, -0.05) is 373 Å². The largest absolute Gasteiger partial charge is 0.472 e. The predicted octanol–water partition coefficient (Wildman–Crippen LogP) is 24.3. The first-order valence-corrected chi connectivity index (χ1v) is 38.7. The Labute approximate surface area is 517 Å². The average molecular weight is 1190 g/mol. The van der Waals surface area contributed by atoms with E-state index in [0.29, 0.717) is 6.42 Å². The molecule has 0 aliphatic carbocycles. The van der Waals surface area contributed by atoms with Gasteiger partial charge in [0.1, 0.15) is 6.61 Å². The molecule has 0 aromatic carbocycles. The SMILES string of the molecule is CCCCCCCCCC/C=C\CCCCCCCCCCCCCCCCCCCCCC(=O)OC(COC(=O)CCCCCCCCCCCCCCCCCCCCCCCCCCCCCCCCC)COP(=O)(O)OCCN. The minimum atomic E-state index is -4.39. The van der Waals surface area contributed by atoms with Crippen molar-refractivity contribution in [2.45, 2.75) is 418 Å². The summed E-state index contributed by atoms with van der Waals surface area (Å²) in [6.07, 6.45) is 84.8. The molecule has 2 unspecified atom stereocenters. The Bertz CT molecular complexity index is 1360. The smallest absolute Gasteiger partial charge is 0.462 e. The van der Waals surface area contributed by atoms with Crippen LogP contribution in [0.4, 0.5) is 0 Å². The second kappa shape index (κ2) is 69.8. The van der Waals surface area contributed by atoms with Crippen LogP contribution in [0, 0.1) is 0 Å². The molecule has 0 aliphatic rings. The van der Waals surface area contributed by atoms with Crippen LogP contribution in [-0.4, -0.2) is 49.3 Å². The summed E-state index contributed by atoms with van der Waals surface area (Å²) in [6.45, 7) is 3.84. The second-order valence-electron chi connectivity index (χ2n) is 25.5. The fraction of sp³-hybridized carbons (Fsp3) is 0.945. The summed E-state index contributed by atoms with van der Waals surface area (Å²) in [6, 6.07) is 0. The van der Waals surface area contributed by atoms with Crippen molar-refractivity contribution in [3.8, 4) is 0 Å². The highest BCUT2D eigenvalue weighted by molar-refractivity contribution is 7.47. The van der Waals surface area contributed by atoms with Crippen LogP contribution in [0.3, 0.4) is 0 Å². The lowest BCUT2D eigenvalue weighted by Gasteiger charge is -2.19. The van der Waals surface area contributed by atoms with Gasteiger partial charge in [-0.25, -0.2) is 4.57 Å². The van der Waals surface area contributed by atoms with Crippen LogP contribution >= 0.6 is 7.82 Å². The molecule has 0 aromatic rings. The van der Waals surface area contributed by atoms with Crippen LogP contribution in [0.15, 0.2) is 12.2 Å². The van der Waals surface area contributed by atoms with Crippen molar-refractivity contribution >= 4 is 19.8 Å². The Morgan fingerprint density at radius 2 is 0.590 bits per heavy atom. The van der Waals surface area contributed by atoms with Crippen LogP contribution in [-0.2, 0) is 32.7 Å². The van der Waals surface area contributed by atoms with Gasteiger partial charge in [0.25, 0.3) is 0 Å². The molecule has 83 heavy (non-hydrogen) atoms. The van der Waals surface area contributed by atoms with Gasteiger partial charge in [-0.2, -0.15) is 0 Å². The van der Waals surface area contributed by atoms with Crippen molar-refractivity contribution < 1.29 is 37.6 Å². The molecule has 0 heterocycles. The van der Waals surface area contributed by atoms with E-state index in [4.69, 9.17) is 24.3 Å². The topological polar surface area (TPSA) is 134 Å². The molecular formula is C73H144NO8P. The maximum Gasteiger partial charge on any atom is 0.472 e. The fourth-order valence-corrected chi connectivity index (χ4v) is 12.4. The molecule has 0 aromatic heterocycles. The van der Waals surface area contributed by atoms with Gasteiger partial charge in [-0.3, -0.25) is 18.6 Å². The summed E-state index contributed by atoms with van der Waals surface area (Å²) >= 11 is 0. The molecule has 0 radical (unpaired) electrons. The Balaban J connectivity index is 3.78. The molecule has 0 amide bonds. The zero-order valence-corrected chi connectivity index (χ0v) is 56.6. The van der Waals surface area contributed by atoms with Crippen molar-refractivity contribution in [1.29, 1.82) is 0 Å². The van der Waals surface area contributed by atoms with Crippen molar-refractivity contribution in [2.75, 3.05) is 26.4 Å².